The quantitative estimate of drug-likeness (QED) is 0.617. The maximum absolute atomic E-state index is 11.9. The summed E-state index contributed by atoms with van der Waals surface area (Å²) in [5, 5.41) is 2.85. The smallest absolute Gasteiger partial charge is 0.253 e. The van der Waals surface area contributed by atoms with Crippen LogP contribution in [0.4, 0.5) is 0 Å². The van der Waals surface area contributed by atoms with Gasteiger partial charge in [-0.25, -0.2) is 0 Å². The molecule has 0 bridgehead atoms. The van der Waals surface area contributed by atoms with Crippen LogP contribution in [0, 0.1) is 10.8 Å². The van der Waals surface area contributed by atoms with Gasteiger partial charge in [-0.2, -0.15) is 0 Å². The zero-order chi connectivity index (χ0) is 18.4. The van der Waals surface area contributed by atoms with Crippen molar-refractivity contribution >= 4 is 17.7 Å². The molecule has 1 N–H and O–H groups in total. The van der Waals surface area contributed by atoms with Crippen LogP contribution in [-0.2, 0) is 19.1 Å². The molecule has 0 unspecified atom stereocenters. The van der Waals surface area contributed by atoms with Gasteiger partial charge >= 0.3 is 0 Å². The van der Waals surface area contributed by atoms with E-state index in [1.54, 1.807) is 0 Å². The van der Waals surface area contributed by atoms with Gasteiger partial charge in [0.1, 0.15) is 0 Å². The van der Waals surface area contributed by atoms with Crippen LogP contribution in [0.1, 0.15) is 47.5 Å². The molecule has 1 rings (SSSR count). The number of carbonyl (C=O) groups is 3. The molecule has 0 aromatic carbocycles. The molecule has 3 amide bonds. The highest BCUT2D eigenvalue weighted by Crippen LogP contribution is 2.22. The Labute approximate surface area is 144 Å². The van der Waals surface area contributed by atoms with Crippen LogP contribution >= 0.6 is 0 Å². The van der Waals surface area contributed by atoms with Gasteiger partial charge in [-0.1, -0.05) is 34.6 Å². The first kappa shape index (κ1) is 20.4. The first-order valence-electron chi connectivity index (χ1n) is 8.44. The largest absolute Gasteiger partial charge is 0.380 e. The van der Waals surface area contributed by atoms with Crippen molar-refractivity contribution in [1.82, 2.24) is 10.2 Å². The molecule has 0 saturated heterocycles. The lowest BCUT2D eigenvalue weighted by Crippen LogP contribution is -2.39. The summed E-state index contributed by atoms with van der Waals surface area (Å²) in [4.78, 5) is 35.8. The van der Waals surface area contributed by atoms with Gasteiger partial charge in [0.05, 0.1) is 13.2 Å². The highest BCUT2D eigenvalue weighted by molar-refractivity contribution is 6.13. The van der Waals surface area contributed by atoms with Crippen LogP contribution < -0.4 is 5.32 Å². The van der Waals surface area contributed by atoms with Gasteiger partial charge in [-0.05, 0) is 11.8 Å². The summed E-state index contributed by atoms with van der Waals surface area (Å²) in [6, 6.07) is 0. The molecule has 0 fully saturated rings. The van der Waals surface area contributed by atoms with Gasteiger partial charge in [-0.3, -0.25) is 19.3 Å². The molecule has 0 radical (unpaired) electrons. The molecular weight excluding hydrogens is 308 g/mol. The SMILES string of the molecule is CCC(C)(C)COCC(C)(C)CNC(=O)CCN1C(=O)C=CC1=O. The Balaban J connectivity index is 2.27. The Morgan fingerprint density at radius 2 is 1.62 bits per heavy atom. The monoisotopic (exact) mass is 338 g/mol. The number of carbonyl (C=O) groups excluding carboxylic acids is 3. The molecule has 24 heavy (non-hydrogen) atoms. The maximum Gasteiger partial charge on any atom is 0.253 e. The van der Waals surface area contributed by atoms with Crippen molar-refractivity contribution in [1.29, 1.82) is 0 Å². The van der Waals surface area contributed by atoms with Crippen LogP contribution in [0.3, 0.4) is 0 Å². The molecule has 0 aromatic rings. The summed E-state index contributed by atoms with van der Waals surface area (Å²) in [6.07, 6.45) is 3.60. The highest BCUT2D eigenvalue weighted by Gasteiger charge is 2.25. The van der Waals surface area contributed by atoms with Gasteiger partial charge in [0.25, 0.3) is 11.8 Å². The summed E-state index contributed by atoms with van der Waals surface area (Å²) in [5.41, 5.74) is -0.0253. The van der Waals surface area contributed by atoms with Crippen LogP contribution in [0.15, 0.2) is 12.2 Å². The average Bonchev–Trinajstić information content (AvgIpc) is 2.81. The number of nitrogens with zero attached hydrogens (tertiary/aromatic N) is 1. The molecule has 0 atom stereocenters. The summed E-state index contributed by atoms with van der Waals surface area (Å²) >= 11 is 0. The van der Waals surface area contributed by atoms with Crippen LogP contribution in [-0.4, -0.2) is 48.9 Å². The zero-order valence-electron chi connectivity index (χ0n) is 15.5. The lowest BCUT2D eigenvalue weighted by molar-refractivity contribution is -0.137. The maximum atomic E-state index is 11.9. The molecular formula is C18H30N2O4. The molecule has 1 aliphatic heterocycles. The van der Waals surface area contributed by atoms with E-state index in [2.05, 4.69) is 26.1 Å². The third-order valence-electron chi connectivity index (χ3n) is 4.17. The van der Waals surface area contributed by atoms with Gasteiger partial charge in [0.15, 0.2) is 0 Å². The number of hydrogen-bond donors (Lipinski definition) is 1. The number of rotatable bonds is 10. The fourth-order valence-corrected chi connectivity index (χ4v) is 2.05. The zero-order valence-corrected chi connectivity index (χ0v) is 15.5. The van der Waals surface area contributed by atoms with Crippen LogP contribution in [0.2, 0.25) is 0 Å². The Bertz CT molecular complexity index is 491. The van der Waals surface area contributed by atoms with E-state index in [1.807, 2.05) is 13.8 Å². The topological polar surface area (TPSA) is 75.7 Å². The van der Waals surface area contributed by atoms with Crippen molar-refractivity contribution in [3.05, 3.63) is 12.2 Å². The molecule has 1 heterocycles. The molecule has 0 aliphatic carbocycles. The number of ether oxygens (including phenoxy) is 1. The molecule has 6 nitrogen and oxygen atoms in total. The van der Waals surface area contributed by atoms with E-state index in [1.165, 1.54) is 12.2 Å². The Hall–Kier alpha value is -1.69. The van der Waals surface area contributed by atoms with E-state index in [9.17, 15) is 14.4 Å². The van der Waals surface area contributed by atoms with Crippen molar-refractivity contribution in [2.75, 3.05) is 26.3 Å². The molecule has 0 saturated carbocycles. The molecule has 6 heteroatoms. The van der Waals surface area contributed by atoms with Crippen molar-refractivity contribution in [3.8, 4) is 0 Å². The fourth-order valence-electron chi connectivity index (χ4n) is 2.05. The van der Waals surface area contributed by atoms with Gasteiger partial charge < -0.3 is 10.1 Å². The Morgan fingerprint density at radius 1 is 1.08 bits per heavy atom. The van der Waals surface area contributed by atoms with Crippen molar-refractivity contribution in [2.45, 2.75) is 47.5 Å². The number of imide groups is 1. The Morgan fingerprint density at radius 3 is 2.17 bits per heavy atom. The third kappa shape index (κ3) is 6.83. The fraction of sp³-hybridized carbons (Fsp3) is 0.722. The first-order valence-corrected chi connectivity index (χ1v) is 8.44. The molecule has 0 aromatic heterocycles. The van der Waals surface area contributed by atoms with E-state index >= 15 is 0 Å². The minimum absolute atomic E-state index is 0.109. The van der Waals surface area contributed by atoms with Crippen molar-refractivity contribution in [3.63, 3.8) is 0 Å². The van der Waals surface area contributed by atoms with E-state index in [-0.39, 0.29) is 41.5 Å². The lowest BCUT2D eigenvalue weighted by atomic mass is 9.91. The van der Waals surface area contributed by atoms with Gasteiger partial charge in [0.2, 0.25) is 5.91 Å². The normalized spacial score (nSPS) is 15.3. The number of amides is 3. The predicted octanol–water partition coefficient (Wildman–Crippen LogP) is 1.90. The summed E-state index contributed by atoms with van der Waals surface area (Å²) in [7, 11) is 0. The molecule has 0 spiro atoms. The summed E-state index contributed by atoms with van der Waals surface area (Å²) in [5.74, 6) is -0.899. The second-order valence-electron chi connectivity index (χ2n) is 7.86. The van der Waals surface area contributed by atoms with Crippen LogP contribution in [0.25, 0.3) is 0 Å². The predicted molar refractivity (Wildman–Crippen MR) is 92.2 cm³/mol. The number of hydrogen-bond acceptors (Lipinski definition) is 4. The first-order chi connectivity index (χ1) is 11.1. The highest BCUT2D eigenvalue weighted by atomic mass is 16.5. The van der Waals surface area contributed by atoms with Gasteiger partial charge in [-0.15, -0.1) is 0 Å². The standard InChI is InChI=1S/C18H30N2O4/c1-6-17(2,3)12-24-13-18(4,5)11-19-14(21)9-10-20-15(22)7-8-16(20)23/h7-8H,6,9-13H2,1-5H3,(H,19,21). The van der Waals surface area contributed by atoms with Crippen LogP contribution in [0.5, 0.6) is 0 Å². The van der Waals surface area contributed by atoms with E-state index < -0.39 is 0 Å². The second kappa shape index (κ2) is 8.42. The molecule has 136 valence electrons. The minimum atomic E-state index is -0.361. The summed E-state index contributed by atoms with van der Waals surface area (Å²) < 4.78 is 5.80. The lowest BCUT2D eigenvalue weighted by Gasteiger charge is -2.28. The van der Waals surface area contributed by atoms with Gasteiger partial charge in [0, 0.05) is 37.1 Å². The molecule has 1 aliphatic rings. The van der Waals surface area contributed by atoms with Crippen molar-refractivity contribution < 1.29 is 19.1 Å². The van der Waals surface area contributed by atoms with E-state index in [4.69, 9.17) is 4.74 Å². The van der Waals surface area contributed by atoms with E-state index in [0.717, 1.165) is 11.3 Å². The van der Waals surface area contributed by atoms with Crippen molar-refractivity contribution in [2.24, 2.45) is 10.8 Å². The second-order valence-corrected chi connectivity index (χ2v) is 7.86. The van der Waals surface area contributed by atoms with E-state index in [0.29, 0.717) is 19.8 Å². The number of nitrogens with one attached hydrogen (secondary N) is 1. The Kier molecular flexibility index (Phi) is 7.14. The average molecular weight is 338 g/mol. The summed E-state index contributed by atoms with van der Waals surface area (Å²) in [6.45, 7) is 12.4. The minimum Gasteiger partial charge on any atom is -0.380 e. The third-order valence-corrected chi connectivity index (χ3v) is 4.17.